The fourth-order valence-corrected chi connectivity index (χ4v) is 3.23. The number of hydrogen-bond acceptors (Lipinski definition) is 1. The monoisotopic (exact) mass is 333 g/mol. The van der Waals surface area contributed by atoms with Crippen molar-refractivity contribution in [3.63, 3.8) is 0 Å². The van der Waals surface area contributed by atoms with Gasteiger partial charge in [0.25, 0.3) is 0 Å². The Morgan fingerprint density at radius 2 is 2.00 bits per heavy atom. The molecule has 1 N–H and O–H groups in total. The van der Waals surface area contributed by atoms with E-state index in [2.05, 4.69) is 45.5 Å². The highest BCUT2D eigenvalue weighted by molar-refractivity contribution is 9.10. The maximum Gasteiger partial charge on any atom is 0.129 e. The first kappa shape index (κ1) is 13.6. The molecule has 0 radical (unpaired) electrons. The first-order valence-electron chi connectivity index (χ1n) is 7.01. The molecular formula is C17H17BrFN. The molecule has 0 spiro atoms. The Morgan fingerprint density at radius 3 is 2.80 bits per heavy atom. The van der Waals surface area contributed by atoms with Gasteiger partial charge in [-0.3, -0.25) is 0 Å². The highest BCUT2D eigenvalue weighted by Crippen LogP contribution is 2.31. The van der Waals surface area contributed by atoms with Crippen molar-refractivity contribution in [2.24, 2.45) is 0 Å². The van der Waals surface area contributed by atoms with Crippen molar-refractivity contribution in [3.8, 4) is 0 Å². The van der Waals surface area contributed by atoms with Crippen molar-refractivity contribution in [3.05, 3.63) is 63.9 Å². The SMILES string of the molecule is Fc1cc(Br)cc2c1CCC(CCc1ccccc1)N2. The van der Waals surface area contributed by atoms with E-state index in [1.807, 2.05) is 12.1 Å². The minimum Gasteiger partial charge on any atom is -0.382 e. The molecule has 0 aromatic heterocycles. The van der Waals surface area contributed by atoms with Crippen LogP contribution in [0.5, 0.6) is 0 Å². The summed E-state index contributed by atoms with van der Waals surface area (Å²) in [6, 6.07) is 14.5. The molecule has 0 saturated heterocycles. The van der Waals surface area contributed by atoms with Crippen molar-refractivity contribution >= 4 is 21.6 Å². The highest BCUT2D eigenvalue weighted by atomic mass is 79.9. The normalized spacial score (nSPS) is 17.4. The second kappa shape index (κ2) is 5.96. The Kier molecular flexibility index (Phi) is 4.06. The molecule has 1 aliphatic rings. The van der Waals surface area contributed by atoms with Crippen LogP contribution in [0.1, 0.15) is 24.0 Å². The molecule has 0 bridgehead atoms. The number of nitrogens with one attached hydrogen (secondary N) is 1. The van der Waals surface area contributed by atoms with Crippen LogP contribution in [-0.4, -0.2) is 6.04 Å². The topological polar surface area (TPSA) is 12.0 Å². The Hall–Kier alpha value is -1.35. The molecule has 2 aromatic carbocycles. The zero-order chi connectivity index (χ0) is 13.9. The summed E-state index contributed by atoms with van der Waals surface area (Å²) in [5.41, 5.74) is 3.13. The Morgan fingerprint density at radius 1 is 1.20 bits per heavy atom. The lowest BCUT2D eigenvalue weighted by Gasteiger charge is -2.27. The van der Waals surface area contributed by atoms with Crippen LogP contribution in [0.4, 0.5) is 10.1 Å². The average Bonchev–Trinajstić information content (AvgIpc) is 2.45. The fraction of sp³-hybridized carbons (Fsp3) is 0.294. The summed E-state index contributed by atoms with van der Waals surface area (Å²) in [6.45, 7) is 0. The second-order valence-electron chi connectivity index (χ2n) is 5.32. The molecule has 0 fully saturated rings. The second-order valence-corrected chi connectivity index (χ2v) is 6.23. The van der Waals surface area contributed by atoms with Gasteiger partial charge >= 0.3 is 0 Å². The van der Waals surface area contributed by atoms with Gasteiger partial charge in [-0.1, -0.05) is 46.3 Å². The van der Waals surface area contributed by atoms with E-state index in [4.69, 9.17) is 0 Å². The van der Waals surface area contributed by atoms with E-state index in [0.29, 0.717) is 6.04 Å². The molecule has 0 amide bonds. The molecule has 1 atom stereocenters. The summed E-state index contributed by atoms with van der Waals surface area (Å²) >= 11 is 3.36. The predicted molar refractivity (Wildman–Crippen MR) is 84.6 cm³/mol. The molecule has 1 aliphatic heterocycles. The van der Waals surface area contributed by atoms with Crippen molar-refractivity contribution in [2.45, 2.75) is 31.7 Å². The minimum absolute atomic E-state index is 0.108. The third-order valence-electron chi connectivity index (χ3n) is 3.89. The number of hydrogen-bond donors (Lipinski definition) is 1. The highest BCUT2D eigenvalue weighted by Gasteiger charge is 2.20. The maximum atomic E-state index is 13.8. The van der Waals surface area contributed by atoms with Crippen LogP contribution in [-0.2, 0) is 12.8 Å². The average molecular weight is 334 g/mol. The number of fused-ring (bicyclic) bond motifs is 1. The molecule has 1 nitrogen and oxygen atoms in total. The molecule has 3 rings (SSSR count). The van der Waals surface area contributed by atoms with E-state index in [1.54, 1.807) is 6.07 Å². The lowest BCUT2D eigenvalue weighted by atomic mass is 9.94. The third-order valence-corrected chi connectivity index (χ3v) is 4.34. The van der Waals surface area contributed by atoms with E-state index in [9.17, 15) is 4.39 Å². The number of aryl methyl sites for hydroxylation is 1. The van der Waals surface area contributed by atoms with Crippen LogP contribution >= 0.6 is 15.9 Å². The minimum atomic E-state index is -0.108. The zero-order valence-corrected chi connectivity index (χ0v) is 12.8. The van der Waals surface area contributed by atoms with Crippen LogP contribution < -0.4 is 5.32 Å². The van der Waals surface area contributed by atoms with Gasteiger partial charge in [-0.15, -0.1) is 0 Å². The van der Waals surface area contributed by atoms with Gasteiger partial charge in [-0.05, 0) is 43.4 Å². The van der Waals surface area contributed by atoms with E-state index in [-0.39, 0.29) is 5.82 Å². The van der Waals surface area contributed by atoms with Crippen LogP contribution in [0.2, 0.25) is 0 Å². The van der Waals surface area contributed by atoms with Crippen LogP contribution in [0, 0.1) is 5.82 Å². The molecule has 2 aromatic rings. The predicted octanol–water partition coefficient (Wildman–Crippen LogP) is 4.95. The van der Waals surface area contributed by atoms with Gasteiger partial charge in [-0.2, -0.15) is 0 Å². The molecular weight excluding hydrogens is 317 g/mol. The molecule has 1 unspecified atom stereocenters. The van der Waals surface area contributed by atoms with Gasteiger partial charge < -0.3 is 5.32 Å². The standard InChI is InChI=1S/C17H17BrFN/c18-13-10-16(19)15-9-8-14(20-17(15)11-13)7-6-12-4-2-1-3-5-12/h1-5,10-11,14,20H,6-9H2. The van der Waals surface area contributed by atoms with Crippen molar-refractivity contribution < 1.29 is 4.39 Å². The first-order valence-corrected chi connectivity index (χ1v) is 7.80. The number of halogens is 2. The Labute approximate surface area is 127 Å². The molecule has 0 saturated carbocycles. The number of benzene rings is 2. The maximum absolute atomic E-state index is 13.8. The lowest BCUT2D eigenvalue weighted by molar-refractivity contribution is 0.553. The van der Waals surface area contributed by atoms with E-state index < -0.39 is 0 Å². The van der Waals surface area contributed by atoms with Gasteiger partial charge in [0.15, 0.2) is 0 Å². The van der Waals surface area contributed by atoms with Gasteiger partial charge in [0.2, 0.25) is 0 Å². The zero-order valence-electron chi connectivity index (χ0n) is 11.2. The third kappa shape index (κ3) is 3.04. The van der Waals surface area contributed by atoms with Crippen LogP contribution in [0.25, 0.3) is 0 Å². The lowest BCUT2D eigenvalue weighted by Crippen LogP contribution is -2.26. The van der Waals surface area contributed by atoms with Crippen molar-refractivity contribution in [1.29, 1.82) is 0 Å². The fourth-order valence-electron chi connectivity index (χ4n) is 2.80. The van der Waals surface area contributed by atoms with Crippen molar-refractivity contribution in [2.75, 3.05) is 5.32 Å². The van der Waals surface area contributed by atoms with Crippen molar-refractivity contribution in [1.82, 2.24) is 0 Å². The first-order chi connectivity index (χ1) is 9.72. The molecule has 3 heteroatoms. The quantitative estimate of drug-likeness (QED) is 0.838. The van der Waals surface area contributed by atoms with E-state index >= 15 is 0 Å². The van der Waals surface area contributed by atoms with Gasteiger partial charge in [0, 0.05) is 21.8 Å². The summed E-state index contributed by atoms with van der Waals surface area (Å²) in [7, 11) is 0. The summed E-state index contributed by atoms with van der Waals surface area (Å²) in [5.74, 6) is -0.108. The van der Waals surface area contributed by atoms with Crippen LogP contribution in [0.15, 0.2) is 46.9 Å². The van der Waals surface area contributed by atoms with Gasteiger partial charge in [0.1, 0.15) is 5.82 Å². The van der Waals surface area contributed by atoms with Gasteiger partial charge in [0.05, 0.1) is 0 Å². The van der Waals surface area contributed by atoms with E-state index in [1.165, 1.54) is 5.56 Å². The summed E-state index contributed by atoms with van der Waals surface area (Å²) < 4.78 is 14.6. The largest absolute Gasteiger partial charge is 0.382 e. The summed E-state index contributed by atoms with van der Waals surface area (Å²) in [4.78, 5) is 0. The molecule has 20 heavy (non-hydrogen) atoms. The number of rotatable bonds is 3. The summed E-state index contributed by atoms with van der Waals surface area (Å²) in [5, 5.41) is 3.48. The Balaban J connectivity index is 1.67. The smallest absolute Gasteiger partial charge is 0.129 e. The molecule has 0 aliphatic carbocycles. The van der Waals surface area contributed by atoms with Gasteiger partial charge in [-0.25, -0.2) is 4.39 Å². The molecule has 104 valence electrons. The molecule has 1 heterocycles. The van der Waals surface area contributed by atoms with E-state index in [0.717, 1.165) is 41.4 Å². The van der Waals surface area contributed by atoms with Crippen LogP contribution in [0.3, 0.4) is 0 Å². The Bertz CT molecular complexity index is 597. The summed E-state index contributed by atoms with van der Waals surface area (Å²) in [6.07, 6.45) is 3.96. The number of anilines is 1.